The number of benzene rings is 1. The van der Waals surface area contributed by atoms with Crippen molar-refractivity contribution in [2.45, 2.75) is 32.4 Å². The van der Waals surface area contributed by atoms with Gasteiger partial charge in [0.1, 0.15) is 5.82 Å². The number of carbonyl (C=O) groups excluding carboxylic acids is 1. The molecule has 0 aliphatic carbocycles. The molecule has 1 aliphatic rings. The summed E-state index contributed by atoms with van der Waals surface area (Å²) in [6.07, 6.45) is 1.39. The van der Waals surface area contributed by atoms with E-state index in [1.54, 1.807) is 13.0 Å². The lowest BCUT2D eigenvalue weighted by Crippen LogP contribution is -2.44. The zero-order chi connectivity index (χ0) is 14.5. The van der Waals surface area contributed by atoms with Gasteiger partial charge in [-0.25, -0.2) is 4.39 Å². The van der Waals surface area contributed by atoms with Gasteiger partial charge in [0.05, 0.1) is 12.6 Å². The summed E-state index contributed by atoms with van der Waals surface area (Å²) in [7, 11) is 0. The van der Waals surface area contributed by atoms with E-state index in [9.17, 15) is 14.3 Å². The number of β-amino-alcohol motifs (C(OH)–C–C–N with tert-alkyl or cyclic N) is 1. The normalized spacial score (nSPS) is 19.9. The van der Waals surface area contributed by atoms with Gasteiger partial charge in [0.25, 0.3) is 0 Å². The van der Waals surface area contributed by atoms with Gasteiger partial charge in [-0.05, 0) is 43.5 Å². The standard InChI is InChI=1S/C15H21FN2O2/c1-11-4-5-12(7-14(11)16)8-17-15(20)10-18-6-2-3-13(19)9-18/h4-5,7,13,19H,2-3,6,8-10H2,1H3,(H,17,20). The average Bonchev–Trinajstić information content (AvgIpc) is 2.40. The van der Waals surface area contributed by atoms with Gasteiger partial charge < -0.3 is 10.4 Å². The number of amides is 1. The number of piperidine rings is 1. The van der Waals surface area contributed by atoms with Gasteiger partial charge in [0.15, 0.2) is 0 Å². The highest BCUT2D eigenvalue weighted by Crippen LogP contribution is 2.10. The third kappa shape index (κ3) is 4.28. The van der Waals surface area contributed by atoms with Crippen LogP contribution in [0.1, 0.15) is 24.0 Å². The summed E-state index contributed by atoms with van der Waals surface area (Å²) < 4.78 is 13.4. The molecule has 0 bridgehead atoms. The maximum atomic E-state index is 13.4. The molecule has 5 heteroatoms. The summed E-state index contributed by atoms with van der Waals surface area (Å²) >= 11 is 0. The molecule has 20 heavy (non-hydrogen) atoms. The van der Waals surface area contributed by atoms with Crippen LogP contribution in [0.25, 0.3) is 0 Å². The van der Waals surface area contributed by atoms with Crippen molar-refractivity contribution in [2.75, 3.05) is 19.6 Å². The van der Waals surface area contributed by atoms with Crippen molar-refractivity contribution in [2.24, 2.45) is 0 Å². The number of aliphatic hydroxyl groups is 1. The molecule has 1 aromatic carbocycles. The minimum absolute atomic E-state index is 0.0971. The van der Waals surface area contributed by atoms with Crippen molar-refractivity contribution in [3.8, 4) is 0 Å². The fourth-order valence-corrected chi connectivity index (χ4v) is 2.38. The van der Waals surface area contributed by atoms with Gasteiger partial charge in [-0.15, -0.1) is 0 Å². The Morgan fingerprint density at radius 2 is 2.35 bits per heavy atom. The molecule has 1 aliphatic heterocycles. The second kappa shape index (κ2) is 6.81. The van der Waals surface area contributed by atoms with Crippen LogP contribution in [0.4, 0.5) is 4.39 Å². The predicted molar refractivity (Wildman–Crippen MR) is 74.7 cm³/mol. The molecule has 0 spiro atoms. The average molecular weight is 280 g/mol. The zero-order valence-corrected chi connectivity index (χ0v) is 11.7. The zero-order valence-electron chi connectivity index (χ0n) is 11.7. The molecule has 0 saturated carbocycles. The van der Waals surface area contributed by atoms with Crippen LogP contribution in [0.2, 0.25) is 0 Å². The fourth-order valence-electron chi connectivity index (χ4n) is 2.38. The summed E-state index contributed by atoms with van der Waals surface area (Å²) in [5.74, 6) is -0.351. The third-order valence-corrected chi connectivity index (χ3v) is 3.57. The van der Waals surface area contributed by atoms with Crippen LogP contribution in [0.15, 0.2) is 18.2 Å². The molecule has 0 aromatic heterocycles. The molecule has 1 atom stereocenters. The van der Waals surface area contributed by atoms with E-state index < -0.39 is 0 Å². The lowest BCUT2D eigenvalue weighted by Gasteiger charge is -2.29. The van der Waals surface area contributed by atoms with E-state index in [1.165, 1.54) is 6.07 Å². The third-order valence-electron chi connectivity index (χ3n) is 3.57. The number of hydrogen-bond acceptors (Lipinski definition) is 3. The molecule has 1 unspecified atom stereocenters. The van der Waals surface area contributed by atoms with Gasteiger partial charge in [0, 0.05) is 13.1 Å². The van der Waals surface area contributed by atoms with Crippen LogP contribution in [0.3, 0.4) is 0 Å². The molecular weight excluding hydrogens is 259 g/mol. The summed E-state index contributed by atoms with van der Waals surface area (Å²) in [5, 5.41) is 12.3. The lowest BCUT2D eigenvalue weighted by molar-refractivity contribution is -0.123. The first-order valence-electron chi connectivity index (χ1n) is 6.97. The summed E-state index contributed by atoms with van der Waals surface area (Å²) in [6, 6.07) is 4.96. The molecule has 1 heterocycles. The Labute approximate surface area is 118 Å². The van der Waals surface area contributed by atoms with Crippen LogP contribution < -0.4 is 5.32 Å². The van der Waals surface area contributed by atoms with Gasteiger partial charge >= 0.3 is 0 Å². The molecule has 1 fully saturated rings. The summed E-state index contributed by atoms with van der Waals surface area (Å²) in [5.41, 5.74) is 1.35. The molecule has 2 N–H and O–H groups in total. The number of aryl methyl sites for hydroxylation is 1. The van der Waals surface area contributed by atoms with E-state index in [0.29, 0.717) is 18.7 Å². The van der Waals surface area contributed by atoms with Gasteiger partial charge in [-0.3, -0.25) is 9.69 Å². The highest BCUT2D eigenvalue weighted by Gasteiger charge is 2.19. The highest BCUT2D eigenvalue weighted by molar-refractivity contribution is 5.78. The van der Waals surface area contributed by atoms with Crippen LogP contribution in [-0.4, -0.2) is 41.7 Å². The summed E-state index contributed by atoms with van der Waals surface area (Å²) in [4.78, 5) is 13.8. The van der Waals surface area contributed by atoms with Crippen molar-refractivity contribution >= 4 is 5.91 Å². The number of carbonyl (C=O) groups is 1. The van der Waals surface area contributed by atoms with Crippen molar-refractivity contribution in [3.63, 3.8) is 0 Å². The number of hydrogen-bond donors (Lipinski definition) is 2. The Balaban J connectivity index is 1.78. The van der Waals surface area contributed by atoms with E-state index in [4.69, 9.17) is 0 Å². The molecule has 1 saturated heterocycles. The Hall–Kier alpha value is -1.46. The highest BCUT2D eigenvalue weighted by atomic mass is 19.1. The number of likely N-dealkylation sites (tertiary alicyclic amines) is 1. The fraction of sp³-hybridized carbons (Fsp3) is 0.533. The molecule has 0 radical (unpaired) electrons. The van der Waals surface area contributed by atoms with Crippen LogP contribution in [0, 0.1) is 12.7 Å². The van der Waals surface area contributed by atoms with Crippen LogP contribution >= 0.6 is 0 Å². The van der Waals surface area contributed by atoms with Gasteiger partial charge in [-0.2, -0.15) is 0 Å². The maximum Gasteiger partial charge on any atom is 0.234 e. The van der Waals surface area contributed by atoms with E-state index in [0.717, 1.165) is 24.9 Å². The number of rotatable bonds is 4. The Bertz CT molecular complexity index is 479. The Kier molecular flexibility index (Phi) is 5.09. The quantitative estimate of drug-likeness (QED) is 0.871. The number of nitrogens with one attached hydrogen (secondary N) is 1. The number of aliphatic hydroxyl groups excluding tert-OH is 1. The topological polar surface area (TPSA) is 52.6 Å². The van der Waals surface area contributed by atoms with Crippen LogP contribution in [0.5, 0.6) is 0 Å². The first-order chi connectivity index (χ1) is 9.54. The first kappa shape index (κ1) is 14.9. The largest absolute Gasteiger partial charge is 0.392 e. The maximum absolute atomic E-state index is 13.4. The number of halogens is 1. The molecule has 4 nitrogen and oxygen atoms in total. The number of nitrogens with zero attached hydrogens (tertiary/aromatic N) is 1. The second-order valence-electron chi connectivity index (χ2n) is 5.39. The smallest absolute Gasteiger partial charge is 0.234 e. The van der Waals surface area contributed by atoms with Gasteiger partial charge in [-0.1, -0.05) is 12.1 Å². The molecule has 1 amide bonds. The molecule has 110 valence electrons. The molecular formula is C15H21FN2O2. The van der Waals surface area contributed by atoms with Gasteiger partial charge in [0.2, 0.25) is 5.91 Å². The second-order valence-corrected chi connectivity index (χ2v) is 5.39. The Morgan fingerprint density at radius 1 is 1.55 bits per heavy atom. The lowest BCUT2D eigenvalue weighted by atomic mass is 10.1. The minimum atomic E-state index is -0.331. The first-order valence-corrected chi connectivity index (χ1v) is 6.97. The minimum Gasteiger partial charge on any atom is -0.392 e. The van der Waals surface area contributed by atoms with Crippen molar-refractivity contribution in [1.29, 1.82) is 0 Å². The summed E-state index contributed by atoms with van der Waals surface area (Å²) in [6.45, 7) is 3.70. The van der Waals surface area contributed by atoms with E-state index in [1.807, 2.05) is 11.0 Å². The predicted octanol–water partition coefficient (Wildman–Crippen LogP) is 1.21. The Morgan fingerprint density at radius 3 is 3.05 bits per heavy atom. The van der Waals surface area contributed by atoms with Crippen molar-refractivity contribution in [1.82, 2.24) is 10.2 Å². The van der Waals surface area contributed by atoms with E-state index in [2.05, 4.69) is 5.32 Å². The SMILES string of the molecule is Cc1ccc(CNC(=O)CN2CCCC(O)C2)cc1F. The molecule has 2 rings (SSSR count). The van der Waals surface area contributed by atoms with Crippen molar-refractivity contribution in [3.05, 3.63) is 35.1 Å². The molecule has 1 aromatic rings. The van der Waals surface area contributed by atoms with E-state index >= 15 is 0 Å². The van der Waals surface area contributed by atoms with E-state index in [-0.39, 0.29) is 24.4 Å². The van der Waals surface area contributed by atoms with Crippen molar-refractivity contribution < 1.29 is 14.3 Å². The van der Waals surface area contributed by atoms with Crippen LogP contribution in [-0.2, 0) is 11.3 Å². The monoisotopic (exact) mass is 280 g/mol.